The lowest BCUT2D eigenvalue weighted by molar-refractivity contribution is 1.06. The zero-order valence-electron chi connectivity index (χ0n) is 7.22. The third-order valence-corrected chi connectivity index (χ3v) is 1.91. The lowest BCUT2D eigenvalue weighted by Crippen LogP contribution is -1.89. The third-order valence-electron chi connectivity index (χ3n) is 1.91. The summed E-state index contributed by atoms with van der Waals surface area (Å²) in [6.07, 6.45) is 7.30. The predicted octanol–water partition coefficient (Wildman–Crippen LogP) is 2.52. The standard InChI is InChI=1S/C11H10N2/c1-2-10-4-3-5-11(8-10)13-7-6-12-9-13/h2-9H,1H2. The van der Waals surface area contributed by atoms with Gasteiger partial charge in [0.05, 0.1) is 6.33 Å². The highest BCUT2D eigenvalue weighted by Gasteiger charge is 1.94. The molecule has 0 radical (unpaired) electrons. The van der Waals surface area contributed by atoms with Gasteiger partial charge in [-0.1, -0.05) is 24.8 Å². The Bertz CT molecular complexity index is 402. The summed E-state index contributed by atoms with van der Waals surface area (Å²) in [6.45, 7) is 3.73. The second kappa shape index (κ2) is 3.27. The Morgan fingerprint density at radius 2 is 2.31 bits per heavy atom. The zero-order chi connectivity index (χ0) is 9.10. The number of rotatable bonds is 2. The molecule has 2 nitrogen and oxygen atoms in total. The number of benzene rings is 1. The van der Waals surface area contributed by atoms with Crippen LogP contribution in [0.3, 0.4) is 0 Å². The highest BCUT2D eigenvalue weighted by molar-refractivity contribution is 5.51. The Hall–Kier alpha value is -1.83. The molecule has 13 heavy (non-hydrogen) atoms. The molecule has 1 heterocycles. The first-order valence-electron chi connectivity index (χ1n) is 4.11. The Balaban J connectivity index is 2.47. The van der Waals surface area contributed by atoms with Gasteiger partial charge < -0.3 is 4.57 Å². The molecule has 64 valence electrons. The van der Waals surface area contributed by atoms with Gasteiger partial charge in [0.25, 0.3) is 0 Å². The van der Waals surface area contributed by atoms with E-state index in [1.807, 2.05) is 35.0 Å². The van der Waals surface area contributed by atoms with E-state index in [0.29, 0.717) is 0 Å². The van der Waals surface area contributed by atoms with Gasteiger partial charge in [0.2, 0.25) is 0 Å². The number of imidazole rings is 1. The fourth-order valence-corrected chi connectivity index (χ4v) is 1.22. The Labute approximate surface area is 77.2 Å². The van der Waals surface area contributed by atoms with Crippen molar-refractivity contribution in [1.29, 1.82) is 0 Å². The summed E-state index contributed by atoms with van der Waals surface area (Å²) in [5.41, 5.74) is 2.22. The first kappa shape index (κ1) is 7.80. The normalized spacial score (nSPS) is 9.85. The maximum absolute atomic E-state index is 3.99. The van der Waals surface area contributed by atoms with Crippen molar-refractivity contribution in [2.45, 2.75) is 0 Å². The van der Waals surface area contributed by atoms with Crippen LogP contribution in [0, 0.1) is 0 Å². The number of aromatic nitrogens is 2. The Kier molecular flexibility index (Phi) is 1.96. The highest BCUT2D eigenvalue weighted by Crippen LogP contribution is 2.10. The van der Waals surface area contributed by atoms with Crippen molar-refractivity contribution in [1.82, 2.24) is 9.55 Å². The van der Waals surface area contributed by atoms with E-state index >= 15 is 0 Å². The molecule has 1 aromatic heterocycles. The molecule has 2 rings (SSSR count). The van der Waals surface area contributed by atoms with E-state index in [-0.39, 0.29) is 0 Å². The topological polar surface area (TPSA) is 17.8 Å². The van der Waals surface area contributed by atoms with Crippen LogP contribution in [0.5, 0.6) is 0 Å². The second-order valence-corrected chi connectivity index (χ2v) is 2.77. The van der Waals surface area contributed by atoms with Crippen LogP contribution in [0.4, 0.5) is 0 Å². The van der Waals surface area contributed by atoms with E-state index in [0.717, 1.165) is 11.3 Å². The average molecular weight is 170 g/mol. The molecular weight excluding hydrogens is 160 g/mol. The largest absolute Gasteiger partial charge is 0.306 e. The number of nitrogens with zero attached hydrogens (tertiary/aromatic N) is 2. The minimum Gasteiger partial charge on any atom is -0.306 e. The van der Waals surface area contributed by atoms with Gasteiger partial charge in [-0.05, 0) is 17.7 Å². The molecule has 2 aromatic rings. The van der Waals surface area contributed by atoms with Gasteiger partial charge in [0, 0.05) is 18.1 Å². The monoisotopic (exact) mass is 170 g/mol. The maximum Gasteiger partial charge on any atom is 0.0991 e. The molecule has 0 saturated carbocycles. The lowest BCUT2D eigenvalue weighted by atomic mass is 10.2. The smallest absolute Gasteiger partial charge is 0.0991 e. The summed E-state index contributed by atoms with van der Waals surface area (Å²) in [5, 5.41) is 0. The minimum atomic E-state index is 1.11. The first-order chi connectivity index (χ1) is 6.40. The van der Waals surface area contributed by atoms with Crippen LogP contribution in [0.2, 0.25) is 0 Å². The highest BCUT2D eigenvalue weighted by atomic mass is 15.0. The molecule has 0 amide bonds. The van der Waals surface area contributed by atoms with Gasteiger partial charge in [-0.3, -0.25) is 0 Å². The van der Waals surface area contributed by atoms with Gasteiger partial charge in [0.1, 0.15) is 0 Å². The number of hydrogen-bond acceptors (Lipinski definition) is 1. The third kappa shape index (κ3) is 1.51. The molecular formula is C11H10N2. The van der Waals surface area contributed by atoms with Gasteiger partial charge in [-0.25, -0.2) is 4.98 Å². The molecule has 0 aliphatic heterocycles. The summed E-state index contributed by atoms with van der Waals surface area (Å²) < 4.78 is 1.97. The van der Waals surface area contributed by atoms with Crippen LogP contribution in [-0.2, 0) is 0 Å². The number of hydrogen-bond donors (Lipinski definition) is 0. The van der Waals surface area contributed by atoms with E-state index in [1.54, 1.807) is 12.5 Å². The van der Waals surface area contributed by atoms with Crippen molar-refractivity contribution in [3.8, 4) is 5.69 Å². The quantitative estimate of drug-likeness (QED) is 0.677. The first-order valence-corrected chi connectivity index (χ1v) is 4.11. The molecule has 0 bridgehead atoms. The van der Waals surface area contributed by atoms with E-state index in [2.05, 4.69) is 17.6 Å². The van der Waals surface area contributed by atoms with Crippen LogP contribution in [0.25, 0.3) is 11.8 Å². The summed E-state index contributed by atoms with van der Waals surface area (Å²) >= 11 is 0. The Morgan fingerprint density at radius 3 is 3.00 bits per heavy atom. The molecule has 0 N–H and O–H groups in total. The lowest BCUT2D eigenvalue weighted by Gasteiger charge is -2.01. The van der Waals surface area contributed by atoms with E-state index in [1.165, 1.54) is 0 Å². The minimum absolute atomic E-state index is 1.11. The van der Waals surface area contributed by atoms with Crippen LogP contribution in [0.1, 0.15) is 5.56 Å². The van der Waals surface area contributed by atoms with Crippen LogP contribution in [0.15, 0.2) is 49.6 Å². The molecule has 2 heteroatoms. The summed E-state index contributed by atoms with van der Waals surface area (Å²) in [7, 11) is 0. The van der Waals surface area contributed by atoms with E-state index in [4.69, 9.17) is 0 Å². The van der Waals surface area contributed by atoms with Crippen LogP contribution >= 0.6 is 0 Å². The molecule has 0 aliphatic rings. The van der Waals surface area contributed by atoms with Crippen molar-refractivity contribution in [2.24, 2.45) is 0 Å². The van der Waals surface area contributed by atoms with Crippen LogP contribution in [-0.4, -0.2) is 9.55 Å². The van der Waals surface area contributed by atoms with Crippen LogP contribution < -0.4 is 0 Å². The fraction of sp³-hybridized carbons (Fsp3) is 0. The average Bonchev–Trinajstić information content (AvgIpc) is 2.71. The van der Waals surface area contributed by atoms with Crippen molar-refractivity contribution < 1.29 is 0 Å². The van der Waals surface area contributed by atoms with E-state index < -0.39 is 0 Å². The van der Waals surface area contributed by atoms with Gasteiger partial charge in [-0.15, -0.1) is 0 Å². The van der Waals surface area contributed by atoms with Crippen molar-refractivity contribution in [2.75, 3.05) is 0 Å². The summed E-state index contributed by atoms with van der Waals surface area (Å²) in [5.74, 6) is 0. The Morgan fingerprint density at radius 1 is 1.38 bits per heavy atom. The maximum atomic E-state index is 3.99. The van der Waals surface area contributed by atoms with Crippen molar-refractivity contribution in [3.05, 3.63) is 55.1 Å². The molecule has 0 unspecified atom stereocenters. The zero-order valence-corrected chi connectivity index (χ0v) is 7.22. The van der Waals surface area contributed by atoms with Gasteiger partial charge >= 0.3 is 0 Å². The molecule has 0 saturated heterocycles. The summed E-state index contributed by atoms with van der Waals surface area (Å²) in [4.78, 5) is 3.99. The van der Waals surface area contributed by atoms with Crippen molar-refractivity contribution >= 4 is 6.08 Å². The van der Waals surface area contributed by atoms with Gasteiger partial charge in [0.15, 0.2) is 0 Å². The second-order valence-electron chi connectivity index (χ2n) is 2.77. The predicted molar refractivity (Wildman–Crippen MR) is 53.7 cm³/mol. The summed E-state index contributed by atoms with van der Waals surface area (Å²) in [6, 6.07) is 8.13. The molecule has 0 fully saturated rings. The SMILES string of the molecule is C=Cc1cccc(-n2ccnc2)c1. The molecule has 0 aliphatic carbocycles. The fourth-order valence-electron chi connectivity index (χ4n) is 1.22. The molecule has 1 aromatic carbocycles. The molecule has 0 spiro atoms. The molecule has 0 atom stereocenters. The van der Waals surface area contributed by atoms with Gasteiger partial charge in [-0.2, -0.15) is 0 Å². The van der Waals surface area contributed by atoms with E-state index in [9.17, 15) is 0 Å². The van der Waals surface area contributed by atoms with Crippen molar-refractivity contribution in [3.63, 3.8) is 0 Å².